The lowest BCUT2D eigenvalue weighted by molar-refractivity contribution is -0.120. The maximum Gasteiger partial charge on any atom is 0.227 e. The predicted octanol–water partition coefficient (Wildman–Crippen LogP) is 3.80. The van der Waals surface area contributed by atoms with Gasteiger partial charge in [-0.3, -0.25) is 9.59 Å². The molecule has 0 bridgehead atoms. The molecule has 20 heavy (non-hydrogen) atoms. The fourth-order valence-electron chi connectivity index (χ4n) is 2.91. The molecule has 3 heteroatoms. The van der Waals surface area contributed by atoms with Crippen molar-refractivity contribution < 1.29 is 9.59 Å². The molecule has 0 radical (unpaired) electrons. The van der Waals surface area contributed by atoms with E-state index in [4.69, 9.17) is 0 Å². The van der Waals surface area contributed by atoms with Gasteiger partial charge < -0.3 is 5.32 Å². The van der Waals surface area contributed by atoms with Gasteiger partial charge in [0.2, 0.25) is 5.91 Å². The van der Waals surface area contributed by atoms with Gasteiger partial charge in [0.05, 0.1) is 0 Å². The number of anilines is 1. The molecule has 0 saturated heterocycles. The molecular weight excluding hydrogens is 250 g/mol. The van der Waals surface area contributed by atoms with Crippen LogP contribution in [-0.4, -0.2) is 11.7 Å². The number of hydrogen-bond donors (Lipinski definition) is 1. The highest BCUT2D eigenvalue weighted by molar-refractivity contribution is 6.00. The summed E-state index contributed by atoms with van der Waals surface area (Å²) in [6, 6.07) is 7.35. The van der Waals surface area contributed by atoms with E-state index in [-0.39, 0.29) is 23.5 Å². The number of ketones is 1. The first-order valence-electron chi connectivity index (χ1n) is 7.69. The van der Waals surface area contributed by atoms with Crippen LogP contribution in [0.2, 0.25) is 0 Å². The van der Waals surface area contributed by atoms with Crippen LogP contribution in [0.3, 0.4) is 0 Å². The zero-order valence-electron chi connectivity index (χ0n) is 11.7. The third kappa shape index (κ3) is 3.09. The van der Waals surface area contributed by atoms with Crippen LogP contribution in [0.1, 0.15) is 55.3 Å². The second-order valence-corrected chi connectivity index (χ2v) is 6.04. The van der Waals surface area contributed by atoms with Gasteiger partial charge in [0, 0.05) is 23.1 Å². The number of hydrogen-bond acceptors (Lipinski definition) is 2. The van der Waals surface area contributed by atoms with Crippen molar-refractivity contribution in [1.82, 2.24) is 0 Å². The van der Waals surface area contributed by atoms with Gasteiger partial charge >= 0.3 is 0 Å². The zero-order valence-corrected chi connectivity index (χ0v) is 11.7. The number of benzene rings is 1. The van der Waals surface area contributed by atoms with Gasteiger partial charge in [-0.05, 0) is 49.9 Å². The summed E-state index contributed by atoms with van der Waals surface area (Å²) in [4.78, 5) is 24.0. The maximum absolute atomic E-state index is 12.1. The van der Waals surface area contributed by atoms with Crippen LogP contribution < -0.4 is 5.32 Å². The van der Waals surface area contributed by atoms with Crippen molar-refractivity contribution in [3.05, 3.63) is 29.8 Å². The normalized spacial score (nSPS) is 19.6. The predicted molar refractivity (Wildman–Crippen MR) is 78.7 cm³/mol. The van der Waals surface area contributed by atoms with E-state index in [1.54, 1.807) is 0 Å². The maximum atomic E-state index is 12.1. The fourth-order valence-corrected chi connectivity index (χ4v) is 2.91. The van der Waals surface area contributed by atoms with Gasteiger partial charge in [0.15, 0.2) is 5.78 Å². The molecule has 2 aliphatic carbocycles. The van der Waals surface area contributed by atoms with Gasteiger partial charge in [-0.2, -0.15) is 0 Å². The van der Waals surface area contributed by atoms with Gasteiger partial charge in [0.1, 0.15) is 0 Å². The molecule has 0 heterocycles. The van der Waals surface area contributed by atoms with E-state index in [0.29, 0.717) is 0 Å². The van der Waals surface area contributed by atoms with Crippen molar-refractivity contribution in [2.45, 2.75) is 44.9 Å². The minimum absolute atomic E-state index is 0.131. The molecular formula is C17H21NO2. The molecule has 1 aromatic carbocycles. The Bertz CT molecular complexity index is 496. The van der Waals surface area contributed by atoms with E-state index < -0.39 is 0 Å². The molecule has 0 spiro atoms. The van der Waals surface area contributed by atoms with Crippen molar-refractivity contribution in [1.29, 1.82) is 0 Å². The van der Waals surface area contributed by atoms with Crippen molar-refractivity contribution in [3.8, 4) is 0 Å². The Morgan fingerprint density at radius 3 is 2.10 bits per heavy atom. The summed E-state index contributed by atoms with van der Waals surface area (Å²) in [6.07, 6.45) is 7.63. The smallest absolute Gasteiger partial charge is 0.227 e. The third-order valence-electron chi connectivity index (χ3n) is 4.36. The van der Waals surface area contributed by atoms with Gasteiger partial charge in [0.25, 0.3) is 0 Å². The molecule has 0 aromatic heterocycles. The second-order valence-electron chi connectivity index (χ2n) is 6.04. The topological polar surface area (TPSA) is 46.2 Å². The summed E-state index contributed by atoms with van der Waals surface area (Å²) >= 11 is 0. The molecule has 3 rings (SSSR count). The van der Waals surface area contributed by atoms with Crippen LogP contribution in [0.15, 0.2) is 24.3 Å². The average molecular weight is 271 g/mol. The molecule has 2 fully saturated rings. The molecule has 106 valence electrons. The first-order valence-corrected chi connectivity index (χ1v) is 7.69. The van der Waals surface area contributed by atoms with E-state index in [1.807, 2.05) is 24.3 Å². The van der Waals surface area contributed by atoms with Gasteiger partial charge in [-0.1, -0.05) is 19.3 Å². The molecule has 2 saturated carbocycles. The lowest BCUT2D eigenvalue weighted by Gasteiger charge is -2.20. The van der Waals surface area contributed by atoms with Gasteiger partial charge in [-0.25, -0.2) is 0 Å². The van der Waals surface area contributed by atoms with Crippen LogP contribution in [0.25, 0.3) is 0 Å². The standard InChI is InChI=1S/C17H21NO2/c19-16(12-6-7-12)13-8-10-15(11-9-13)18-17(20)14-4-2-1-3-5-14/h8-12,14H,1-7H2,(H,18,20). The molecule has 0 atom stereocenters. The monoisotopic (exact) mass is 271 g/mol. The molecule has 0 aliphatic heterocycles. The number of Topliss-reactive ketones (excluding diaryl/α,β-unsaturated/α-hetero) is 1. The molecule has 1 amide bonds. The number of amides is 1. The highest BCUT2D eigenvalue weighted by Gasteiger charge is 2.30. The van der Waals surface area contributed by atoms with E-state index in [9.17, 15) is 9.59 Å². The Kier molecular flexibility index (Phi) is 3.86. The fraction of sp³-hybridized carbons (Fsp3) is 0.529. The van der Waals surface area contributed by atoms with E-state index in [1.165, 1.54) is 6.42 Å². The summed E-state index contributed by atoms with van der Waals surface area (Å²) in [6.45, 7) is 0. The van der Waals surface area contributed by atoms with Crippen LogP contribution in [-0.2, 0) is 4.79 Å². The average Bonchev–Trinajstić information content (AvgIpc) is 3.33. The number of carbonyl (C=O) groups is 2. The highest BCUT2D eigenvalue weighted by atomic mass is 16.2. The lowest BCUT2D eigenvalue weighted by atomic mass is 9.88. The summed E-state index contributed by atoms with van der Waals surface area (Å²) in [5.74, 6) is 0.787. The van der Waals surface area contributed by atoms with Gasteiger partial charge in [-0.15, -0.1) is 0 Å². The number of rotatable bonds is 4. The van der Waals surface area contributed by atoms with Crippen LogP contribution in [0, 0.1) is 11.8 Å². The molecule has 0 unspecified atom stereocenters. The summed E-state index contributed by atoms with van der Waals surface area (Å²) < 4.78 is 0. The first kappa shape index (κ1) is 13.3. The quantitative estimate of drug-likeness (QED) is 0.847. The van der Waals surface area contributed by atoms with Crippen molar-refractivity contribution in [2.75, 3.05) is 5.32 Å². The Labute approximate surface area is 119 Å². The molecule has 3 nitrogen and oxygen atoms in total. The minimum atomic E-state index is 0.131. The Morgan fingerprint density at radius 2 is 1.50 bits per heavy atom. The summed E-state index contributed by atoms with van der Waals surface area (Å²) in [5, 5.41) is 2.97. The van der Waals surface area contributed by atoms with E-state index in [0.717, 1.165) is 49.8 Å². The minimum Gasteiger partial charge on any atom is -0.326 e. The van der Waals surface area contributed by atoms with Crippen molar-refractivity contribution in [2.24, 2.45) is 11.8 Å². The first-order chi connectivity index (χ1) is 9.74. The molecule has 2 aliphatic rings. The molecule has 1 aromatic rings. The number of nitrogens with one attached hydrogen (secondary N) is 1. The SMILES string of the molecule is O=C(Nc1ccc(C(=O)C2CC2)cc1)C1CCCCC1. The van der Waals surface area contributed by atoms with Crippen LogP contribution >= 0.6 is 0 Å². The lowest BCUT2D eigenvalue weighted by Crippen LogP contribution is -2.24. The van der Waals surface area contributed by atoms with E-state index >= 15 is 0 Å². The van der Waals surface area contributed by atoms with E-state index in [2.05, 4.69) is 5.32 Å². The highest BCUT2D eigenvalue weighted by Crippen LogP contribution is 2.32. The summed E-state index contributed by atoms with van der Waals surface area (Å²) in [7, 11) is 0. The van der Waals surface area contributed by atoms with Crippen molar-refractivity contribution in [3.63, 3.8) is 0 Å². The third-order valence-corrected chi connectivity index (χ3v) is 4.36. The Morgan fingerprint density at radius 1 is 0.850 bits per heavy atom. The Balaban J connectivity index is 1.59. The zero-order chi connectivity index (χ0) is 13.9. The second kappa shape index (κ2) is 5.78. The Hall–Kier alpha value is -1.64. The van der Waals surface area contributed by atoms with Crippen LogP contribution in [0.5, 0.6) is 0 Å². The van der Waals surface area contributed by atoms with Crippen LogP contribution in [0.4, 0.5) is 5.69 Å². The molecule has 1 N–H and O–H groups in total. The number of carbonyl (C=O) groups excluding carboxylic acids is 2. The largest absolute Gasteiger partial charge is 0.326 e. The summed E-state index contributed by atoms with van der Waals surface area (Å²) in [5.41, 5.74) is 1.57. The van der Waals surface area contributed by atoms with Crippen molar-refractivity contribution >= 4 is 17.4 Å².